The second-order valence-corrected chi connectivity index (χ2v) is 8.52. The minimum absolute atomic E-state index is 0.254. The molecule has 0 aromatic heterocycles. The first-order valence-electron chi connectivity index (χ1n) is 9.43. The summed E-state index contributed by atoms with van der Waals surface area (Å²) in [6, 6.07) is 16.5. The molecule has 7 heteroatoms. The lowest BCUT2D eigenvalue weighted by Gasteiger charge is -2.32. The molecule has 0 N–H and O–H groups in total. The maximum absolute atomic E-state index is 13.4. The number of rotatable bonds is 4. The summed E-state index contributed by atoms with van der Waals surface area (Å²) in [6.07, 6.45) is -0.289. The molecule has 2 aromatic carbocycles. The number of amides is 2. The second-order valence-electron chi connectivity index (χ2n) is 8.09. The molecule has 1 aliphatic heterocycles. The molecule has 6 nitrogen and oxygen atoms in total. The minimum Gasteiger partial charge on any atom is -0.459 e. The highest BCUT2D eigenvalue weighted by Gasteiger charge is 2.59. The highest BCUT2D eigenvalue weighted by atomic mass is 35.5. The number of halogens is 1. The number of hydrogen-bond donors (Lipinski definition) is 0. The van der Waals surface area contributed by atoms with Gasteiger partial charge in [0.25, 0.3) is 0 Å². The van der Waals surface area contributed by atoms with Gasteiger partial charge >= 0.3 is 5.97 Å². The van der Waals surface area contributed by atoms with Crippen LogP contribution in [0, 0.1) is 17.2 Å². The Morgan fingerprint density at radius 3 is 2.23 bits per heavy atom. The van der Waals surface area contributed by atoms with Crippen molar-refractivity contribution in [1.82, 2.24) is 0 Å². The van der Waals surface area contributed by atoms with Crippen LogP contribution >= 0.6 is 11.6 Å². The molecule has 1 saturated heterocycles. The van der Waals surface area contributed by atoms with Gasteiger partial charge in [0.15, 0.2) is 5.41 Å². The van der Waals surface area contributed by atoms with Gasteiger partial charge in [-0.15, -0.1) is 0 Å². The summed E-state index contributed by atoms with van der Waals surface area (Å²) in [5.41, 5.74) is -2.24. The molecule has 0 unspecified atom stereocenters. The maximum Gasteiger partial charge on any atom is 0.332 e. The first-order chi connectivity index (χ1) is 14.1. The Labute approximate surface area is 180 Å². The number of ether oxygens (including phenoxy) is 1. The zero-order valence-electron chi connectivity index (χ0n) is 16.9. The van der Waals surface area contributed by atoms with Crippen molar-refractivity contribution in [1.29, 1.82) is 5.26 Å². The quantitative estimate of drug-likeness (QED) is 0.546. The van der Waals surface area contributed by atoms with Gasteiger partial charge in [-0.3, -0.25) is 14.5 Å². The predicted octanol–water partition coefficient (Wildman–Crippen LogP) is 4.02. The van der Waals surface area contributed by atoms with Crippen molar-refractivity contribution in [2.24, 2.45) is 5.92 Å². The van der Waals surface area contributed by atoms with Gasteiger partial charge in [0.05, 0.1) is 17.7 Å². The minimum atomic E-state index is -1.99. The van der Waals surface area contributed by atoms with Gasteiger partial charge in [-0.25, -0.2) is 4.79 Å². The summed E-state index contributed by atoms with van der Waals surface area (Å²) in [5, 5.41) is 10.6. The molecule has 1 fully saturated rings. The van der Waals surface area contributed by atoms with E-state index < -0.39 is 34.7 Å². The fourth-order valence-electron chi connectivity index (χ4n) is 3.54. The van der Waals surface area contributed by atoms with Gasteiger partial charge in [0, 0.05) is 11.4 Å². The molecule has 0 saturated carbocycles. The monoisotopic (exact) mass is 424 g/mol. The third-order valence-corrected chi connectivity index (χ3v) is 5.13. The predicted molar refractivity (Wildman–Crippen MR) is 112 cm³/mol. The van der Waals surface area contributed by atoms with Gasteiger partial charge in [-0.1, -0.05) is 41.9 Å². The van der Waals surface area contributed by atoms with Crippen molar-refractivity contribution in [2.45, 2.75) is 38.2 Å². The number of hydrogen-bond acceptors (Lipinski definition) is 5. The molecule has 2 atom stereocenters. The highest BCUT2D eigenvalue weighted by Crippen LogP contribution is 2.42. The average Bonchev–Trinajstić information content (AvgIpc) is 2.98. The Kier molecular flexibility index (Phi) is 5.69. The zero-order chi connectivity index (χ0) is 22.1. The number of carbonyl (C=O) groups excluding carboxylic acids is 3. The average molecular weight is 425 g/mol. The van der Waals surface area contributed by atoms with Crippen molar-refractivity contribution in [3.05, 3.63) is 65.2 Å². The van der Waals surface area contributed by atoms with Gasteiger partial charge in [-0.2, -0.15) is 5.26 Å². The first kappa shape index (κ1) is 21.5. The van der Waals surface area contributed by atoms with E-state index in [1.807, 2.05) is 6.07 Å². The van der Waals surface area contributed by atoms with E-state index in [0.29, 0.717) is 10.7 Å². The number of anilines is 1. The summed E-state index contributed by atoms with van der Waals surface area (Å²) < 4.78 is 5.54. The third-order valence-electron chi connectivity index (χ3n) is 4.88. The van der Waals surface area contributed by atoms with Crippen molar-refractivity contribution < 1.29 is 19.1 Å². The van der Waals surface area contributed by atoms with Gasteiger partial charge in [0.1, 0.15) is 5.60 Å². The molecule has 1 heterocycles. The third kappa shape index (κ3) is 3.81. The maximum atomic E-state index is 13.4. The number of imide groups is 1. The lowest BCUT2D eigenvalue weighted by molar-refractivity contribution is -0.163. The van der Waals surface area contributed by atoms with E-state index in [1.165, 1.54) is 24.3 Å². The van der Waals surface area contributed by atoms with Crippen LogP contribution in [0.3, 0.4) is 0 Å². The van der Waals surface area contributed by atoms with E-state index >= 15 is 0 Å². The molecule has 30 heavy (non-hydrogen) atoms. The molecule has 154 valence electrons. The largest absolute Gasteiger partial charge is 0.459 e. The van der Waals surface area contributed by atoms with E-state index in [4.69, 9.17) is 16.3 Å². The lowest BCUT2D eigenvalue weighted by atomic mass is 9.70. The normalized spacial score (nSPS) is 18.6. The van der Waals surface area contributed by atoms with E-state index in [9.17, 15) is 19.6 Å². The number of para-hydroxylation sites is 1. The first-order valence-corrected chi connectivity index (χ1v) is 9.80. The Morgan fingerprint density at radius 2 is 1.70 bits per heavy atom. The van der Waals surface area contributed by atoms with E-state index in [2.05, 4.69) is 0 Å². The molecular weight excluding hydrogens is 404 g/mol. The molecule has 0 radical (unpaired) electrons. The fourth-order valence-corrected chi connectivity index (χ4v) is 3.67. The number of nitrogens with zero attached hydrogens (tertiary/aromatic N) is 2. The summed E-state index contributed by atoms with van der Waals surface area (Å²) in [7, 11) is 0. The second kappa shape index (κ2) is 7.92. The van der Waals surface area contributed by atoms with Gasteiger partial charge in [-0.05, 0) is 50.6 Å². The van der Waals surface area contributed by atoms with E-state index in [1.54, 1.807) is 51.1 Å². The highest BCUT2D eigenvalue weighted by molar-refractivity contribution is 6.30. The number of nitriles is 1. The molecule has 0 aliphatic carbocycles. The molecule has 3 rings (SSSR count). The molecular formula is C23H21ClN2O4. The van der Waals surface area contributed by atoms with Crippen LogP contribution in [0.2, 0.25) is 5.02 Å². The van der Waals surface area contributed by atoms with Gasteiger partial charge < -0.3 is 4.74 Å². The Balaban J connectivity index is 2.14. The van der Waals surface area contributed by atoms with Crippen LogP contribution in [0.5, 0.6) is 0 Å². The van der Waals surface area contributed by atoms with Gasteiger partial charge in [0.2, 0.25) is 11.8 Å². The smallest absolute Gasteiger partial charge is 0.332 e. The van der Waals surface area contributed by atoms with E-state index in [0.717, 1.165) is 4.90 Å². The Hall–Kier alpha value is -3.17. The summed E-state index contributed by atoms with van der Waals surface area (Å²) in [4.78, 5) is 40.5. The molecule has 0 spiro atoms. The van der Waals surface area contributed by atoms with Crippen LogP contribution in [-0.4, -0.2) is 23.4 Å². The number of esters is 1. The zero-order valence-corrected chi connectivity index (χ0v) is 17.6. The Morgan fingerprint density at radius 1 is 1.10 bits per heavy atom. The molecule has 1 aliphatic rings. The van der Waals surface area contributed by atoms with Crippen molar-refractivity contribution in [2.75, 3.05) is 4.90 Å². The van der Waals surface area contributed by atoms with Crippen LogP contribution in [0.25, 0.3) is 0 Å². The Bertz CT molecular complexity index is 1020. The number of carbonyl (C=O) groups is 3. The summed E-state index contributed by atoms with van der Waals surface area (Å²) in [5.74, 6) is -3.20. The van der Waals surface area contributed by atoms with Crippen LogP contribution in [0.1, 0.15) is 32.8 Å². The molecule has 0 bridgehead atoms. The van der Waals surface area contributed by atoms with Crippen molar-refractivity contribution in [3.8, 4) is 6.07 Å². The van der Waals surface area contributed by atoms with Crippen molar-refractivity contribution in [3.63, 3.8) is 0 Å². The number of benzene rings is 2. The van der Waals surface area contributed by atoms with Crippen molar-refractivity contribution >= 4 is 35.1 Å². The van der Waals surface area contributed by atoms with E-state index in [-0.39, 0.29) is 12.0 Å². The standard InChI is InChI=1S/C23H21ClN2O4/c1-22(2,3)30-21(29)23(14-25,15-9-11-16(24)12-10-15)18-13-19(27)26(20(18)28)17-7-5-4-6-8-17/h4-12,18H,13H2,1-3H3/t18-,23-/m1/s1. The van der Waals surface area contributed by atoms with Crippen LogP contribution in [0.4, 0.5) is 5.69 Å². The SMILES string of the molecule is CC(C)(C)OC(=O)[C@](C#N)(c1ccc(Cl)cc1)[C@@H]1CC(=O)N(c2ccccc2)C1=O. The molecule has 2 aromatic rings. The van der Waals surface area contributed by atoms with Crippen LogP contribution in [0.15, 0.2) is 54.6 Å². The van der Waals surface area contributed by atoms with Crippen LogP contribution < -0.4 is 4.90 Å². The fraction of sp³-hybridized carbons (Fsp3) is 0.304. The summed E-state index contributed by atoms with van der Waals surface area (Å²) >= 11 is 5.98. The van der Waals surface area contributed by atoms with Crippen LogP contribution in [-0.2, 0) is 24.5 Å². The topological polar surface area (TPSA) is 87.5 Å². The summed E-state index contributed by atoms with van der Waals surface area (Å²) in [6.45, 7) is 5.02. The lowest BCUT2D eigenvalue weighted by Crippen LogP contribution is -2.48. The molecule has 2 amide bonds.